The summed E-state index contributed by atoms with van der Waals surface area (Å²) in [5, 5.41) is 49.0. The Balaban J connectivity index is 2.21. The van der Waals surface area contributed by atoms with Gasteiger partial charge in [-0.1, -0.05) is 6.92 Å². The molecule has 0 amide bonds. The summed E-state index contributed by atoms with van der Waals surface area (Å²) < 4.78 is 55.4. The Morgan fingerprint density at radius 3 is 2.17 bits per heavy atom. The van der Waals surface area contributed by atoms with Crippen molar-refractivity contribution in [1.29, 1.82) is 0 Å². The third-order valence-electron chi connectivity index (χ3n) is 4.73. The van der Waals surface area contributed by atoms with E-state index in [0.717, 1.165) is 0 Å². The summed E-state index contributed by atoms with van der Waals surface area (Å²) in [7, 11) is -3.62. The molecule has 14 nitrogen and oxygen atoms in total. The molecule has 2 aliphatic heterocycles. The normalized spacial score (nSPS) is 43.8. The molecule has 0 radical (unpaired) electrons. The number of aliphatic hydroxyl groups excluding tert-OH is 4. The molecule has 0 aromatic carbocycles. The maximum atomic E-state index is 11.4. The Hall–Kier alpha value is -0.980. The Morgan fingerprint density at radius 1 is 1.03 bits per heavy atom. The highest BCUT2D eigenvalue weighted by atomic mass is 32.3. The predicted molar refractivity (Wildman–Crippen MR) is 87.5 cm³/mol. The van der Waals surface area contributed by atoms with E-state index >= 15 is 0 Å². The minimum atomic E-state index is -4.83. The second kappa shape index (κ2) is 9.44. The number of aliphatic hydroxyl groups is 4. The molecule has 2 saturated heterocycles. The van der Waals surface area contributed by atoms with Crippen LogP contribution < -0.4 is 0 Å². The van der Waals surface area contributed by atoms with Gasteiger partial charge in [0, 0.05) is 13.0 Å². The number of carboxylic acids is 1. The van der Waals surface area contributed by atoms with Crippen LogP contribution in [-0.2, 0) is 38.3 Å². The molecule has 170 valence electrons. The van der Waals surface area contributed by atoms with Gasteiger partial charge < -0.3 is 44.5 Å². The van der Waals surface area contributed by atoms with Gasteiger partial charge in [-0.15, -0.1) is 0 Å². The number of carbonyl (C=O) groups is 1. The third kappa shape index (κ3) is 5.59. The lowest BCUT2D eigenvalue weighted by Gasteiger charge is -2.46. The second-order valence-electron chi connectivity index (χ2n) is 6.67. The van der Waals surface area contributed by atoms with Crippen molar-refractivity contribution in [1.82, 2.24) is 0 Å². The summed E-state index contributed by atoms with van der Waals surface area (Å²) in [6, 6.07) is 0. The monoisotopic (exact) mass is 448 g/mol. The average Bonchev–Trinajstić information content (AvgIpc) is 2.63. The number of rotatable bonds is 7. The van der Waals surface area contributed by atoms with Crippen LogP contribution in [0.25, 0.3) is 0 Å². The molecule has 2 heterocycles. The lowest BCUT2D eigenvalue weighted by atomic mass is 9.91. The quantitative estimate of drug-likeness (QED) is 0.208. The molecular weight excluding hydrogens is 424 g/mol. The van der Waals surface area contributed by atoms with Gasteiger partial charge in [0.05, 0.1) is 12.7 Å². The fourth-order valence-electron chi connectivity index (χ4n) is 3.14. The molecular formula is C14H24O14S. The first-order chi connectivity index (χ1) is 13.4. The van der Waals surface area contributed by atoms with Crippen LogP contribution in [0.2, 0.25) is 0 Å². The first-order valence-electron chi connectivity index (χ1n) is 8.43. The Bertz CT molecular complexity index is 669. The fraction of sp³-hybridized carbons (Fsp3) is 0.929. The Morgan fingerprint density at radius 2 is 1.66 bits per heavy atom. The van der Waals surface area contributed by atoms with Crippen LogP contribution >= 0.6 is 0 Å². The van der Waals surface area contributed by atoms with Gasteiger partial charge in [0.2, 0.25) is 0 Å². The number of aliphatic carboxylic acids is 1. The van der Waals surface area contributed by atoms with Crippen molar-refractivity contribution in [2.24, 2.45) is 5.92 Å². The maximum Gasteiger partial charge on any atom is 0.397 e. The maximum absolute atomic E-state index is 11.4. The minimum absolute atomic E-state index is 0.769. The van der Waals surface area contributed by atoms with Crippen LogP contribution in [0.4, 0.5) is 0 Å². The van der Waals surface area contributed by atoms with E-state index in [1.54, 1.807) is 0 Å². The molecule has 10 atom stereocenters. The Labute approximate surface area is 165 Å². The van der Waals surface area contributed by atoms with E-state index in [1.165, 1.54) is 14.0 Å². The second-order valence-corrected chi connectivity index (χ2v) is 7.76. The van der Waals surface area contributed by atoms with E-state index in [-0.39, 0.29) is 0 Å². The number of methoxy groups -OCH3 is 1. The van der Waals surface area contributed by atoms with Crippen molar-refractivity contribution in [3.63, 3.8) is 0 Å². The summed E-state index contributed by atoms with van der Waals surface area (Å²) in [6.07, 6.45) is -14.5. The molecule has 0 bridgehead atoms. The minimum Gasteiger partial charge on any atom is -0.479 e. The van der Waals surface area contributed by atoms with Crippen molar-refractivity contribution in [2.75, 3.05) is 13.7 Å². The third-order valence-corrected chi connectivity index (χ3v) is 5.17. The SMILES string of the molecule is CO[C@@H]1C(COS(=O)(=O)O)OC(O[C@@H]2C(C(=O)O)OC(O)C(O)[C@H]2O)C(C)[C@H]1O. The highest BCUT2D eigenvalue weighted by Gasteiger charge is 2.52. The number of carboxylic acid groups (broad SMARTS) is 1. The molecule has 2 rings (SSSR count). The topological polar surface area (TPSA) is 219 Å². The van der Waals surface area contributed by atoms with Crippen LogP contribution in [0.5, 0.6) is 0 Å². The van der Waals surface area contributed by atoms with Crippen LogP contribution in [0.15, 0.2) is 0 Å². The largest absolute Gasteiger partial charge is 0.479 e. The summed E-state index contributed by atoms with van der Waals surface area (Å²) in [5.41, 5.74) is 0. The molecule has 6 unspecified atom stereocenters. The van der Waals surface area contributed by atoms with Gasteiger partial charge in [0.25, 0.3) is 0 Å². The smallest absolute Gasteiger partial charge is 0.397 e. The standard InChI is InChI=1S/C14H24O14S/c1-4-6(15)9(24-2)5(3-25-29(21,22)23)26-14(4)28-10-7(16)8(17)13(20)27-11(10)12(18)19/h4-11,13-17,20H,3H2,1-2H3,(H,18,19)(H,21,22,23)/t4?,5?,6-,7-,8?,9-,10+,11?,13?,14?/m1/s1. The van der Waals surface area contributed by atoms with Gasteiger partial charge in [-0.3, -0.25) is 4.55 Å². The van der Waals surface area contributed by atoms with Gasteiger partial charge in [-0.25, -0.2) is 8.98 Å². The molecule has 2 fully saturated rings. The van der Waals surface area contributed by atoms with Crippen LogP contribution in [0.3, 0.4) is 0 Å². The first kappa shape index (κ1) is 24.3. The van der Waals surface area contributed by atoms with Gasteiger partial charge >= 0.3 is 16.4 Å². The zero-order chi connectivity index (χ0) is 22.1. The van der Waals surface area contributed by atoms with Gasteiger partial charge in [-0.2, -0.15) is 8.42 Å². The fourth-order valence-corrected chi connectivity index (χ4v) is 3.45. The van der Waals surface area contributed by atoms with Crippen molar-refractivity contribution in [3.05, 3.63) is 0 Å². The molecule has 0 aromatic rings. The van der Waals surface area contributed by atoms with E-state index in [1.807, 2.05) is 0 Å². The van der Waals surface area contributed by atoms with Gasteiger partial charge in [0.15, 0.2) is 18.7 Å². The van der Waals surface area contributed by atoms with E-state index in [0.29, 0.717) is 0 Å². The van der Waals surface area contributed by atoms with Crippen molar-refractivity contribution in [3.8, 4) is 0 Å². The molecule has 2 aliphatic rings. The van der Waals surface area contributed by atoms with Crippen LogP contribution in [-0.4, -0.2) is 113 Å². The van der Waals surface area contributed by atoms with E-state index in [4.69, 9.17) is 23.5 Å². The molecule has 0 aliphatic carbocycles. The highest BCUT2D eigenvalue weighted by molar-refractivity contribution is 7.80. The summed E-state index contributed by atoms with van der Waals surface area (Å²) in [4.78, 5) is 11.4. The first-order valence-corrected chi connectivity index (χ1v) is 9.80. The van der Waals surface area contributed by atoms with E-state index < -0.39 is 84.2 Å². The molecule has 0 aromatic heterocycles. The zero-order valence-corrected chi connectivity index (χ0v) is 16.2. The summed E-state index contributed by atoms with van der Waals surface area (Å²) in [5.74, 6) is -2.49. The zero-order valence-electron chi connectivity index (χ0n) is 15.3. The summed E-state index contributed by atoms with van der Waals surface area (Å²) in [6.45, 7) is 0.673. The molecule has 6 N–H and O–H groups in total. The lowest BCUT2D eigenvalue weighted by molar-refractivity contribution is -0.342. The molecule has 0 spiro atoms. The van der Waals surface area contributed by atoms with Crippen LogP contribution in [0, 0.1) is 5.92 Å². The number of hydrogen-bond acceptors (Lipinski definition) is 12. The average molecular weight is 448 g/mol. The van der Waals surface area contributed by atoms with Crippen molar-refractivity contribution >= 4 is 16.4 Å². The molecule has 29 heavy (non-hydrogen) atoms. The summed E-state index contributed by atoms with van der Waals surface area (Å²) >= 11 is 0. The highest BCUT2D eigenvalue weighted by Crippen LogP contribution is 2.32. The van der Waals surface area contributed by atoms with Gasteiger partial charge in [-0.05, 0) is 0 Å². The Kier molecular flexibility index (Phi) is 7.91. The van der Waals surface area contributed by atoms with Crippen molar-refractivity contribution < 1.29 is 66.4 Å². The number of ether oxygens (including phenoxy) is 4. The van der Waals surface area contributed by atoms with Crippen molar-refractivity contribution in [2.45, 2.75) is 62.2 Å². The lowest BCUT2D eigenvalue weighted by Crippen LogP contribution is -2.63. The predicted octanol–water partition coefficient (Wildman–Crippen LogP) is -3.55. The van der Waals surface area contributed by atoms with Gasteiger partial charge in [0.1, 0.15) is 30.5 Å². The van der Waals surface area contributed by atoms with Crippen LogP contribution in [0.1, 0.15) is 6.92 Å². The van der Waals surface area contributed by atoms with E-state index in [2.05, 4.69) is 4.18 Å². The number of hydrogen-bond donors (Lipinski definition) is 6. The van der Waals surface area contributed by atoms with E-state index in [9.17, 15) is 38.7 Å². The molecule has 15 heteroatoms. The molecule has 0 saturated carbocycles.